The maximum absolute atomic E-state index is 15.4. The molecule has 0 bridgehead atoms. The van der Waals surface area contributed by atoms with Crippen molar-refractivity contribution in [1.29, 1.82) is 0 Å². The van der Waals surface area contributed by atoms with E-state index in [4.69, 9.17) is 4.74 Å². The molecule has 3 rings (SSSR count). The Morgan fingerprint density at radius 3 is 2.59 bits per heavy atom. The number of para-hydroxylation sites is 1. The Labute approximate surface area is 132 Å². The van der Waals surface area contributed by atoms with Crippen LogP contribution in [0.15, 0.2) is 24.3 Å². The highest BCUT2D eigenvalue weighted by molar-refractivity contribution is 5.38. The lowest BCUT2D eigenvalue weighted by atomic mass is 9.83. The van der Waals surface area contributed by atoms with Gasteiger partial charge in [0.25, 0.3) is 0 Å². The lowest BCUT2D eigenvalue weighted by molar-refractivity contribution is 0.0376. The zero-order chi connectivity index (χ0) is 15.6. The number of likely N-dealkylation sites (tertiary alicyclic amines) is 1. The van der Waals surface area contributed by atoms with Gasteiger partial charge in [0.1, 0.15) is 11.4 Å². The van der Waals surface area contributed by atoms with Crippen LogP contribution < -0.4 is 10.1 Å². The first-order valence-corrected chi connectivity index (χ1v) is 8.30. The Hall–Kier alpha value is -1.13. The van der Waals surface area contributed by atoms with Gasteiger partial charge in [0.15, 0.2) is 0 Å². The first kappa shape index (κ1) is 15.8. The third-order valence-corrected chi connectivity index (χ3v) is 5.30. The number of halogens is 1. The summed E-state index contributed by atoms with van der Waals surface area (Å²) in [5.74, 6) is 0.672. The maximum atomic E-state index is 15.4. The normalized spacial score (nSPS) is 28.7. The highest BCUT2D eigenvalue weighted by Gasteiger charge is 2.40. The molecule has 2 aliphatic rings. The van der Waals surface area contributed by atoms with E-state index in [1.807, 2.05) is 24.3 Å². The third kappa shape index (κ3) is 3.13. The summed E-state index contributed by atoms with van der Waals surface area (Å²) in [7, 11) is 1.62. The zero-order valence-corrected chi connectivity index (χ0v) is 13.7. The molecule has 122 valence electrons. The van der Waals surface area contributed by atoms with Gasteiger partial charge in [-0.1, -0.05) is 25.1 Å². The molecule has 1 atom stereocenters. The third-order valence-electron chi connectivity index (χ3n) is 5.30. The Morgan fingerprint density at radius 1 is 1.23 bits per heavy atom. The second kappa shape index (κ2) is 6.17. The van der Waals surface area contributed by atoms with E-state index >= 15 is 4.39 Å². The monoisotopic (exact) mass is 306 g/mol. The van der Waals surface area contributed by atoms with E-state index < -0.39 is 5.67 Å². The van der Waals surface area contributed by atoms with Gasteiger partial charge in [0, 0.05) is 31.7 Å². The average Bonchev–Trinajstić information content (AvgIpc) is 2.96. The van der Waals surface area contributed by atoms with Gasteiger partial charge in [-0.3, -0.25) is 0 Å². The molecule has 1 aromatic carbocycles. The predicted molar refractivity (Wildman–Crippen MR) is 87.0 cm³/mol. The Morgan fingerprint density at radius 2 is 1.95 bits per heavy atom. The molecular weight excluding hydrogens is 279 g/mol. The molecule has 1 N–H and O–H groups in total. The van der Waals surface area contributed by atoms with Gasteiger partial charge in [0.2, 0.25) is 0 Å². The van der Waals surface area contributed by atoms with Crippen LogP contribution in [0, 0.1) is 5.41 Å². The van der Waals surface area contributed by atoms with Crippen molar-refractivity contribution in [2.45, 2.75) is 31.9 Å². The second-order valence-electron chi connectivity index (χ2n) is 7.18. The van der Waals surface area contributed by atoms with E-state index in [1.54, 1.807) is 7.11 Å². The van der Waals surface area contributed by atoms with E-state index in [1.165, 1.54) is 6.42 Å². The van der Waals surface area contributed by atoms with Crippen LogP contribution in [0.25, 0.3) is 0 Å². The number of nitrogens with one attached hydrogen (secondary N) is 1. The molecule has 0 spiro atoms. The number of piperidine rings is 1. The van der Waals surface area contributed by atoms with Crippen molar-refractivity contribution >= 4 is 0 Å². The fourth-order valence-electron chi connectivity index (χ4n) is 3.89. The number of rotatable bonds is 4. The highest BCUT2D eigenvalue weighted by Crippen LogP contribution is 2.42. The fraction of sp³-hybridized carbons (Fsp3) is 0.667. The summed E-state index contributed by atoms with van der Waals surface area (Å²) >= 11 is 0. The molecule has 2 fully saturated rings. The van der Waals surface area contributed by atoms with Crippen molar-refractivity contribution in [3.63, 3.8) is 0 Å². The molecule has 0 aliphatic carbocycles. The van der Waals surface area contributed by atoms with Crippen molar-refractivity contribution < 1.29 is 9.13 Å². The summed E-state index contributed by atoms with van der Waals surface area (Å²) < 4.78 is 20.8. The second-order valence-corrected chi connectivity index (χ2v) is 7.18. The zero-order valence-electron chi connectivity index (χ0n) is 13.7. The summed E-state index contributed by atoms with van der Waals surface area (Å²) in [4.78, 5) is 2.43. The van der Waals surface area contributed by atoms with Gasteiger partial charge in [0.05, 0.1) is 7.11 Å². The molecule has 1 unspecified atom stereocenters. The molecule has 1 aromatic rings. The highest BCUT2D eigenvalue weighted by atomic mass is 19.1. The minimum atomic E-state index is -1.25. The van der Waals surface area contributed by atoms with Crippen LogP contribution >= 0.6 is 0 Å². The van der Waals surface area contributed by atoms with E-state index in [0.29, 0.717) is 29.6 Å². The van der Waals surface area contributed by atoms with Gasteiger partial charge in [-0.15, -0.1) is 0 Å². The quantitative estimate of drug-likeness (QED) is 0.925. The van der Waals surface area contributed by atoms with Crippen LogP contribution in [0.1, 0.15) is 31.7 Å². The number of nitrogens with zero attached hydrogens (tertiary/aromatic N) is 1. The molecule has 0 amide bonds. The number of ether oxygens (including phenoxy) is 1. The topological polar surface area (TPSA) is 24.5 Å². The van der Waals surface area contributed by atoms with E-state index in [0.717, 1.165) is 32.7 Å². The molecule has 2 aliphatic heterocycles. The summed E-state index contributed by atoms with van der Waals surface area (Å²) in [5, 5.41) is 3.44. The van der Waals surface area contributed by atoms with Gasteiger partial charge < -0.3 is 15.0 Å². The van der Waals surface area contributed by atoms with E-state index in [-0.39, 0.29) is 0 Å². The largest absolute Gasteiger partial charge is 0.496 e. The van der Waals surface area contributed by atoms with Crippen molar-refractivity contribution in [2.24, 2.45) is 5.41 Å². The Balaban J connectivity index is 1.65. The molecule has 0 radical (unpaired) electrons. The lowest BCUT2D eigenvalue weighted by Gasteiger charge is -2.40. The number of hydrogen-bond donors (Lipinski definition) is 1. The Kier molecular flexibility index (Phi) is 4.42. The molecule has 3 nitrogen and oxygen atoms in total. The lowest BCUT2D eigenvalue weighted by Crippen LogP contribution is -2.45. The maximum Gasteiger partial charge on any atom is 0.142 e. The first-order valence-electron chi connectivity index (χ1n) is 8.30. The molecule has 0 aromatic heterocycles. The minimum absolute atomic E-state index is 0.348. The number of benzene rings is 1. The molecular formula is C18H27FN2O. The summed E-state index contributed by atoms with van der Waals surface area (Å²) in [5.41, 5.74) is -0.190. The van der Waals surface area contributed by atoms with E-state index in [2.05, 4.69) is 17.1 Å². The molecule has 2 heterocycles. The van der Waals surface area contributed by atoms with Gasteiger partial charge in [-0.2, -0.15) is 0 Å². The molecule has 22 heavy (non-hydrogen) atoms. The summed E-state index contributed by atoms with van der Waals surface area (Å²) in [6.45, 7) is 7.25. The Bertz CT molecular complexity index is 506. The van der Waals surface area contributed by atoms with Crippen molar-refractivity contribution in [3.05, 3.63) is 29.8 Å². The van der Waals surface area contributed by atoms with Gasteiger partial charge in [-0.25, -0.2) is 4.39 Å². The van der Waals surface area contributed by atoms with Crippen molar-refractivity contribution in [2.75, 3.05) is 39.8 Å². The molecule has 0 saturated carbocycles. The van der Waals surface area contributed by atoms with Crippen LogP contribution in [0.3, 0.4) is 0 Å². The SMILES string of the molecule is COc1ccccc1C1(F)CCN(CC2(C)CCNC2)CC1. The van der Waals surface area contributed by atoms with Crippen LogP contribution in [-0.2, 0) is 5.67 Å². The number of alkyl halides is 1. The van der Waals surface area contributed by atoms with Crippen LogP contribution in [0.4, 0.5) is 4.39 Å². The van der Waals surface area contributed by atoms with Gasteiger partial charge >= 0.3 is 0 Å². The van der Waals surface area contributed by atoms with Crippen molar-refractivity contribution in [3.8, 4) is 5.75 Å². The van der Waals surface area contributed by atoms with Crippen molar-refractivity contribution in [1.82, 2.24) is 10.2 Å². The van der Waals surface area contributed by atoms with Gasteiger partial charge in [-0.05, 0) is 37.3 Å². The minimum Gasteiger partial charge on any atom is -0.496 e. The molecule has 2 saturated heterocycles. The van der Waals surface area contributed by atoms with E-state index in [9.17, 15) is 0 Å². The summed E-state index contributed by atoms with van der Waals surface area (Å²) in [6, 6.07) is 7.52. The molecule has 4 heteroatoms. The summed E-state index contributed by atoms with van der Waals surface area (Å²) in [6.07, 6.45) is 2.32. The first-order chi connectivity index (χ1) is 10.5. The van der Waals surface area contributed by atoms with Crippen LogP contribution in [0.5, 0.6) is 5.75 Å². The van der Waals surface area contributed by atoms with Crippen LogP contribution in [-0.4, -0.2) is 44.7 Å². The number of hydrogen-bond acceptors (Lipinski definition) is 3. The van der Waals surface area contributed by atoms with Crippen LogP contribution in [0.2, 0.25) is 0 Å². The smallest absolute Gasteiger partial charge is 0.142 e. The fourth-order valence-corrected chi connectivity index (χ4v) is 3.89. The standard InChI is InChI=1S/C18H27FN2O/c1-17(7-10-20-13-17)14-21-11-8-18(19,9-12-21)15-5-3-4-6-16(15)22-2/h3-6,20H,7-14H2,1-2H3. The predicted octanol–water partition coefficient (Wildman–Crippen LogP) is 2.96. The number of methoxy groups -OCH3 is 1. The average molecular weight is 306 g/mol.